The lowest BCUT2D eigenvalue weighted by atomic mass is 9.94. The molecule has 0 bridgehead atoms. The molecule has 1 aromatic carbocycles. The summed E-state index contributed by atoms with van der Waals surface area (Å²) in [5.74, 6) is -1.03. The van der Waals surface area contributed by atoms with Crippen molar-refractivity contribution in [2.45, 2.75) is 25.7 Å². The van der Waals surface area contributed by atoms with Crippen molar-refractivity contribution in [3.63, 3.8) is 0 Å². The van der Waals surface area contributed by atoms with Gasteiger partial charge in [-0.15, -0.1) is 0 Å². The number of benzene rings is 1. The van der Waals surface area contributed by atoms with Gasteiger partial charge in [0.05, 0.1) is 5.69 Å². The molecule has 3 nitrogen and oxygen atoms in total. The molecule has 2 rings (SSSR count). The zero-order chi connectivity index (χ0) is 13.7. The molecule has 5 heteroatoms. The summed E-state index contributed by atoms with van der Waals surface area (Å²) >= 11 is 0. The lowest BCUT2D eigenvalue weighted by Gasteiger charge is -2.20. The highest BCUT2D eigenvalue weighted by Crippen LogP contribution is 2.19. The normalized spacial score (nSPS) is 19.2. The summed E-state index contributed by atoms with van der Waals surface area (Å²) in [6.45, 7) is 1.72. The zero-order valence-corrected chi connectivity index (χ0v) is 10.7. The average Bonchev–Trinajstić information content (AvgIpc) is 2.42. The molecule has 1 radical (unpaired) electrons. The Labute approximate surface area is 111 Å². The number of piperidine rings is 1. The molecule has 1 aromatic rings. The van der Waals surface area contributed by atoms with Crippen LogP contribution in [-0.4, -0.2) is 19.0 Å². The predicted molar refractivity (Wildman–Crippen MR) is 68.8 cm³/mol. The van der Waals surface area contributed by atoms with Crippen LogP contribution in [0.2, 0.25) is 0 Å². The molecule has 1 N–H and O–H groups in total. The minimum Gasteiger partial charge on any atom is -0.324 e. The Morgan fingerprint density at radius 3 is 3.00 bits per heavy atom. The Morgan fingerprint density at radius 2 is 2.26 bits per heavy atom. The maximum Gasteiger partial charge on any atom is 0.224 e. The number of anilines is 1. The van der Waals surface area contributed by atoms with Crippen LogP contribution in [0.15, 0.2) is 18.2 Å². The van der Waals surface area contributed by atoms with E-state index >= 15 is 0 Å². The van der Waals surface area contributed by atoms with Crippen LogP contribution < -0.4 is 10.6 Å². The van der Waals surface area contributed by atoms with Crippen molar-refractivity contribution in [3.8, 4) is 0 Å². The van der Waals surface area contributed by atoms with Gasteiger partial charge >= 0.3 is 0 Å². The fraction of sp³-hybridized carbons (Fsp3) is 0.500. The van der Waals surface area contributed by atoms with E-state index in [9.17, 15) is 13.6 Å². The van der Waals surface area contributed by atoms with E-state index in [2.05, 4.69) is 10.6 Å². The summed E-state index contributed by atoms with van der Waals surface area (Å²) in [6, 6.07) is 3.02. The van der Waals surface area contributed by atoms with E-state index < -0.39 is 11.6 Å². The first-order valence-corrected chi connectivity index (χ1v) is 6.53. The highest BCUT2D eigenvalue weighted by Gasteiger charge is 2.16. The van der Waals surface area contributed by atoms with Gasteiger partial charge in [-0.05, 0) is 37.3 Å². The number of hydrogen-bond donors (Lipinski definition) is 1. The van der Waals surface area contributed by atoms with Gasteiger partial charge in [-0.25, -0.2) is 14.1 Å². The second kappa shape index (κ2) is 6.61. The number of halogens is 2. The molecule has 0 aliphatic carbocycles. The van der Waals surface area contributed by atoms with Crippen LogP contribution >= 0.6 is 0 Å². The fourth-order valence-corrected chi connectivity index (χ4v) is 2.23. The monoisotopic (exact) mass is 267 g/mol. The summed E-state index contributed by atoms with van der Waals surface area (Å²) in [4.78, 5) is 11.7. The molecule has 1 aliphatic heterocycles. The van der Waals surface area contributed by atoms with E-state index in [0.29, 0.717) is 12.3 Å². The van der Waals surface area contributed by atoms with Gasteiger partial charge in [0, 0.05) is 25.6 Å². The first-order valence-electron chi connectivity index (χ1n) is 6.53. The Morgan fingerprint density at radius 1 is 1.42 bits per heavy atom. The summed E-state index contributed by atoms with van der Waals surface area (Å²) in [5.41, 5.74) is -0.0988. The molecule has 1 atom stereocenters. The molecule has 103 valence electrons. The third-order valence-corrected chi connectivity index (χ3v) is 3.30. The molecule has 1 amide bonds. The SMILES string of the molecule is O=C(CCC1CCC[N]C1)Nc1cc(F)ccc1F. The van der Waals surface area contributed by atoms with Gasteiger partial charge in [-0.3, -0.25) is 4.79 Å². The third kappa shape index (κ3) is 4.28. The van der Waals surface area contributed by atoms with Crippen LogP contribution in [-0.2, 0) is 4.79 Å². The van der Waals surface area contributed by atoms with Crippen molar-refractivity contribution < 1.29 is 13.6 Å². The molecular formula is C14H17F2N2O. The van der Waals surface area contributed by atoms with Crippen molar-refractivity contribution in [2.75, 3.05) is 18.4 Å². The Balaban J connectivity index is 1.81. The number of hydrogen-bond acceptors (Lipinski definition) is 1. The summed E-state index contributed by atoms with van der Waals surface area (Å²) in [5, 5.41) is 6.71. The van der Waals surface area contributed by atoms with E-state index in [0.717, 1.165) is 50.6 Å². The van der Waals surface area contributed by atoms with Crippen LogP contribution in [0.1, 0.15) is 25.7 Å². The van der Waals surface area contributed by atoms with Crippen molar-refractivity contribution >= 4 is 11.6 Å². The van der Waals surface area contributed by atoms with Crippen molar-refractivity contribution in [3.05, 3.63) is 29.8 Å². The predicted octanol–water partition coefficient (Wildman–Crippen LogP) is 2.70. The Kier molecular flexibility index (Phi) is 4.85. The highest BCUT2D eigenvalue weighted by atomic mass is 19.1. The Hall–Kier alpha value is -1.49. The average molecular weight is 267 g/mol. The van der Waals surface area contributed by atoms with Crippen LogP contribution in [0, 0.1) is 17.6 Å². The zero-order valence-electron chi connectivity index (χ0n) is 10.7. The molecule has 1 fully saturated rings. The second-order valence-electron chi connectivity index (χ2n) is 4.85. The number of amides is 1. The van der Waals surface area contributed by atoms with Crippen LogP contribution in [0.25, 0.3) is 0 Å². The minimum absolute atomic E-state index is 0.0988. The molecule has 1 unspecified atom stereocenters. The first-order chi connectivity index (χ1) is 9.15. The molecule has 19 heavy (non-hydrogen) atoms. The third-order valence-electron chi connectivity index (χ3n) is 3.30. The van der Waals surface area contributed by atoms with Gasteiger partial charge in [0.2, 0.25) is 5.91 Å². The van der Waals surface area contributed by atoms with E-state index in [1.165, 1.54) is 0 Å². The van der Waals surface area contributed by atoms with Gasteiger partial charge in [0.1, 0.15) is 11.6 Å². The summed E-state index contributed by atoms with van der Waals surface area (Å²) in [7, 11) is 0. The quantitative estimate of drug-likeness (QED) is 0.895. The van der Waals surface area contributed by atoms with Gasteiger partial charge in [-0.1, -0.05) is 0 Å². The van der Waals surface area contributed by atoms with Crippen molar-refractivity contribution in [1.29, 1.82) is 0 Å². The number of nitrogens with zero attached hydrogens (tertiary/aromatic N) is 1. The van der Waals surface area contributed by atoms with E-state index in [1.807, 2.05) is 0 Å². The van der Waals surface area contributed by atoms with Crippen molar-refractivity contribution in [1.82, 2.24) is 5.32 Å². The van der Waals surface area contributed by atoms with E-state index in [1.54, 1.807) is 0 Å². The second-order valence-corrected chi connectivity index (χ2v) is 4.85. The van der Waals surface area contributed by atoms with Gasteiger partial charge in [0.15, 0.2) is 0 Å². The van der Waals surface area contributed by atoms with Crippen LogP contribution in [0.5, 0.6) is 0 Å². The largest absolute Gasteiger partial charge is 0.324 e. The molecule has 1 saturated heterocycles. The summed E-state index contributed by atoms with van der Waals surface area (Å²) < 4.78 is 26.3. The van der Waals surface area contributed by atoms with Crippen molar-refractivity contribution in [2.24, 2.45) is 5.92 Å². The Bertz CT molecular complexity index is 445. The van der Waals surface area contributed by atoms with E-state index in [-0.39, 0.29) is 11.6 Å². The van der Waals surface area contributed by atoms with Crippen LogP contribution in [0.4, 0.5) is 14.5 Å². The fourth-order valence-electron chi connectivity index (χ4n) is 2.23. The standard InChI is InChI=1S/C14H17F2N2O/c15-11-4-5-12(16)13(8-11)18-14(19)6-3-10-2-1-7-17-9-10/h4-5,8,10H,1-3,6-7,9H2,(H,18,19). The minimum atomic E-state index is -0.623. The number of carbonyl (C=O) groups is 1. The van der Waals surface area contributed by atoms with Gasteiger partial charge < -0.3 is 5.32 Å². The van der Waals surface area contributed by atoms with Gasteiger partial charge in [0.25, 0.3) is 0 Å². The molecule has 0 spiro atoms. The molecule has 1 aliphatic rings. The maximum absolute atomic E-state index is 13.3. The topological polar surface area (TPSA) is 43.2 Å². The molecule has 0 aromatic heterocycles. The first kappa shape index (κ1) is 13.9. The lowest BCUT2D eigenvalue weighted by Crippen LogP contribution is -2.25. The highest BCUT2D eigenvalue weighted by molar-refractivity contribution is 5.90. The molecule has 0 saturated carbocycles. The maximum atomic E-state index is 13.3. The number of nitrogens with one attached hydrogen (secondary N) is 1. The van der Waals surface area contributed by atoms with E-state index in [4.69, 9.17) is 0 Å². The number of carbonyl (C=O) groups excluding carboxylic acids is 1. The lowest BCUT2D eigenvalue weighted by molar-refractivity contribution is -0.116. The smallest absolute Gasteiger partial charge is 0.224 e. The molecular weight excluding hydrogens is 250 g/mol. The molecule has 1 heterocycles. The number of rotatable bonds is 4. The van der Waals surface area contributed by atoms with Gasteiger partial charge in [-0.2, -0.15) is 0 Å². The van der Waals surface area contributed by atoms with Crippen LogP contribution in [0.3, 0.4) is 0 Å². The summed E-state index contributed by atoms with van der Waals surface area (Å²) in [6.07, 6.45) is 3.22.